The summed E-state index contributed by atoms with van der Waals surface area (Å²) in [6.07, 6.45) is 0.942. The monoisotopic (exact) mass is 358 g/mol. The van der Waals surface area contributed by atoms with Crippen molar-refractivity contribution in [2.24, 2.45) is 0 Å². The van der Waals surface area contributed by atoms with E-state index < -0.39 is 0 Å². The maximum absolute atomic E-state index is 12.7. The SMILES string of the molecule is Cc1cc(C)n([C@H]2CCN(C(=O)Nc3ccccc3SC(C)C)C2)n1. The minimum Gasteiger partial charge on any atom is -0.322 e. The number of nitrogens with one attached hydrogen (secondary N) is 1. The number of anilines is 1. The van der Waals surface area contributed by atoms with Gasteiger partial charge in [-0.15, -0.1) is 11.8 Å². The number of aromatic nitrogens is 2. The molecule has 0 saturated carbocycles. The zero-order valence-corrected chi connectivity index (χ0v) is 16.1. The molecule has 2 heterocycles. The molecule has 0 radical (unpaired) electrons. The molecule has 25 heavy (non-hydrogen) atoms. The van der Waals surface area contributed by atoms with Gasteiger partial charge in [0.15, 0.2) is 0 Å². The van der Waals surface area contributed by atoms with E-state index in [1.165, 1.54) is 0 Å². The average Bonchev–Trinajstić information content (AvgIpc) is 3.15. The Kier molecular flexibility index (Phi) is 5.37. The van der Waals surface area contributed by atoms with Crippen molar-refractivity contribution in [3.8, 4) is 0 Å². The van der Waals surface area contributed by atoms with Gasteiger partial charge in [-0.25, -0.2) is 4.79 Å². The van der Waals surface area contributed by atoms with E-state index in [-0.39, 0.29) is 12.1 Å². The van der Waals surface area contributed by atoms with Crippen molar-refractivity contribution in [1.82, 2.24) is 14.7 Å². The van der Waals surface area contributed by atoms with Crippen LogP contribution in [0.4, 0.5) is 10.5 Å². The fourth-order valence-corrected chi connectivity index (χ4v) is 4.17. The van der Waals surface area contributed by atoms with Crippen LogP contribution in [0.3, 0.4) is 0 Å². The predicted octanol–water partition coefficient (Wildman–Crippen LogP) is 4.48. The smallest absolute Gasteiger partial charge is 0.321 e. The predicted molar refractivity (Wildman–Crippen MR) is 103 cm³/mol. The second-order valence-corrected chi connectivity index (χ2v) is 8.47. The second kappa shape index (κ2) is 7.52. The highest BCUT2D eigenvalue weighted by molar-refractivity contribution is 8.00. The highest BCUT2D eigenvalue weighted by atomic mass is 32.2. The molecule has 1 saturated heterocycles. The van der Waals surface area contributed by atoms with Crippen LogP contribution in [-0.4, -0.2) is 39.1 Å². The lowest BCUT2D eigenvalue weighted by atomic mass is 10.2. The topological polar surface area (TPSA) is 50.2 Å². The van der Waals surface area contributed by atoms with Gasteiger partial charge >= 0.3 is 6.03 Å². The molecule has 1 N–H and O–H groups in total. The van der Waals surface area contributed by atoms with Gasteiger partial charge in [-0.1, -0.05) is 26.0 Å². The molecule has 1 atom stereocenters. The Bertz CT molecular complexity index is 756. The molecule has 1 fully saturated rings. The van der Waals surface area contributed by atoms with Crippen LogP contribution in [0, 0.1) is 13.8 Å². The number of carbonyl (C=O) groups is 1. The molecular formula is C19H26N4OS. The summed E-state index contributed by atoms with van der Waals surface area (Å²) < 4.78 is 2.06. The third-order valence-corrected chi connectivity index (χ3v) is 5.41. The van der Waals surface area contributed by atoms with Gasteiger partial charge < -0.3 is 10.2 Å². The summed E-state index contributed by atoms with van der Waals surface area (Å²) in [5, 5.41) is 8.13. The molecule has 1 aliphatic rings. The molecule has 1 aromatic heterocycles. The first-order valence-corrected chi connectivity index (χ1v) is 9.66. The summed E-state index contributed by atoms with van der Waals surface area (Å²) >= 11 is 1.76. The highest BCUT2D eigenvalue weighted by Gasteiger charge is 2.29. The van der Waals surface area contributed by atoms with Crippen molar-refractivity contribution in [3.63, 3.8) is 0 Å². The minimum absolute atomic E-state index is 0.0270. The molecule has 5 nitrogen and oxygen atoms in total. The normalized spacial score (nSPS) is 17.3. The molecule has 0 spiro atoms. The van der Waals surface area contributed by atoms with Crippen LogP contribution in [0.25, 0.3) is 0 Å². The number of para-hydroxylation sites is 1. The molecule has 1 aliphatic heterocycles. The molecule has 2 aromatic rings. The number of hydrogen-bond acceptors (Lipinski definition) is 3. The molecule has 134 valence electrons. The third-order valence-electron chi connectivity index (χ3n) is 4.33. The van der Waals surface area contributed by atoms with Crippen LogP contribution in [-0.2, 0) is 0 Å². The third kappa shape index (κ3) is 4.18. The first-order valence-electron chi connectivity index (χ1n) is 8.78. The number of aryl methyl sites for hydroxylation is 2. The van der Waals surface area contributed by atoms with Crippen LogP contribution in [0.5, 0.6) is 0 Å². The molecular weight excluding hydrogens is 332 g/mol. The van der Waals surface area contributed by atoms with Gasteiger partial charge in [0.2, 0.25) is 0 Å². The average molecular weight is 359 g/mol. The maximum Gasteiger partial charge on any atom is 0.321 e. The standard InChI is InChI=1S/C19H26N4OS/c1-13(2)25-18-8-6-5-7-17(18)20-19(24)22-10-9-16(12-22)23-15(4)11-14(3)21-23/h5-8,11,13,16H,9-10,12H2,1-4H3,(H,20,24)/t16-/m0/s1. The van der Waals surface area contributed by atoms with E-state index in [0.717, 1.165) is 34.9 Å². The Balaban J connectivity index is 1.66. The van der Waals surface area contributed by atoms with E-state index in [1.807, 2.05) is 30.0 Å². The number of likely N-dealkylation sites (tertiary alicyclic amines) is 1. The van der Waals surface area contributed by atoms with Crippen LogP contribution in [0.2, 0.25) is 0 Å². The molecule has 6 heteroatoms. The van der Waals surface area contributed by atoms with Gasteiger partial charge in [0, 0.05) is 28.9 Å². The number of thioether (sulfide) groups is 1. The van der Waals surface area contributed by atoms with Crippen molar-refractivity contribution in [1.29, 1.82) is 0 Å². The largest absolute Gasteiger partial charge is 0.322 e. The lowest BCUT2D eigenvalue weighted by Crippen LogP contribution is -2.33. The lowest BCUT2D eigenvalue weighted by molar-refractivity contribution is 0.220. The van der Waals surface area contributed by atoms with Gasteiger partial charge in [-0.3, -0.25) is 4.68 Å². The number of nitrogens with zero attached hydrogens (tertiary/aromatic N) is 3. The van der Waals surface area contributed by atoms with E-state index in [9.17, 15) is 4.79 Å². The van der Waals surface area contributed by atoms with Crippen LogP contribution >= 0.6 is 11.8 Å². The number of amides is 2. The van der Waals surface area contributed by atoms with E-state index in [2.05, 4.69) is 48.0 Å². The van der Waals surface area contributed by atoms with Gasteiger partial charge in [-0.05, 0) is 38.5 Å². The van der Waals surface area contributed by atoms with Crippen molar-refractivity contribution in [2.45, 2.75) is 50.3 Å². The summed E-state index contributed by atoms with van der Waals surface area (Å²) in [6, 6.07) is 10.3. The van der Waals surface area contributed by atoms with Crippen LogP contribution in [0.1, 0.15) is 37.7 Å². The summed E-state index contributed by atoms with van der Waals surface area (Å²) in [5.74, 6) is 0. The van der Waals surface area contributed by atoms with Crippen LogP contribution < -0.4 is 5.32 Å². The first-order chi connectivity index (χ1) is 11.9. The summed E-state index contributed by atoms with van der Waals surface area (Å²) in [4.78, 5) is 15.7. The number of rotatable bonds is 4. The van der Waals surface area contributed by atoms with E-state index in [4.69, 9.17) is 0 Å². The Morgan fingerprint density at radius 2 is 2.08 bits per heavy atom. The van der Waals surface area contributed by atoms with Crippen molar-refractivity contribution < 1.29 is 4.79 Å². The van der Waals surface area contributed by atoms with Gasteiger partial charge in [-0.2, -0.15) is 5.10 Å². The van der Waals surface area contributed by atoms with Crippen molar-refractivity contribution >= 4 is 23.5 Å². The zero-order chi connectivity index (χ0) is 18.0. The van der Waals surface area contributed by atoms with Gasteiger partial charge in [0.1, 0.15) is 0 Å². The zero-order valence-electron chi connectivity index (χ0n) is 15.3. The van der Waals surface area contributed by atoms with E-state index in [1.54, 1.807) is 11.8 Å². The number of benzene rings is 1. The molecule has 0 unspecified atom stereocenters. The second-order valence-electron chi connectivity index (χ2n) is 6.85. The molecule has 0 bridgehead atoms. The van der Waals surface area contributed by atoms with Gasteiger partial charge in [0.05, 0.1) is 17.4 Å². The minimum atomic E-state index is -0.0270. The molecule has 0 aliphatic carbocycles. The quantitative estimate of drug-likeness (QED) is 0.820. The van der Waals surface area contributed by atoms with Gasteiger partial charge in [0.25, 0.3) is 0 Å². The number of urea groups is 1. The van der Waals surface area contributed by atoms with E-state index in [0.29, 0.717) is 11.8 Å². The van der Waals surface area contributed by atoms with Crippen LogP contribution in [0.15, 0.2) is 35.2 Å². The Hall–Kier alpha value is -1.95. The Morgan fingerprint density at radius 3 is 2.76 bits per heavy atom. The number of hydrogen-bond donors (Lipinski definition) is 1. The van der Waals surface area contributed by atoms with E-state index >= 15 is 0 Å². The molecule has 1 aromatic carbocycles. The van der Waals surface area contributed by atoms with Crippen molar-refractivity contribution in [2.75, 3.05) is 18.4 Å². The number of carbonyl (C=O) groups excluding carboxylic acids is 1. The Labute approximate surface area is 153 Å². The Morgan fingerprint density at radius 1 is 1.32 bits per heavy atom. The fourth-order valence-electron chi connectivity index (χ4n) is 3.26. The summed E-state index contributed by atoms with van der Waals surface area (Å²) in [7, 11) is 0. The summed E-state index contributed by atoms with van der Waals surface area (Å²) in [5.41, 5.74) is 3.07. The first kappa shape index (κ1) is 17.9. The highest BCUT2D eigenvalue weighted by Crippen LogP contribution is 2.31. The summed E-state index contributed by atoms with van der Waals surface area (Å²) in [6.45, 7) is 9.85. The molecule has 2 amide bonds. The van der Waals surface area contributed by atoms with Crippen molar-refractivity contribution in [3.05, 3.63) is 41.7 Å². The molecule has 3 rings (SSSR count). The fraction of sp³-hybridized carbons (Fsp3) is 0.474. The maximum atomic E-state index is 12.7. The lowest BCUT2D eigenvalue weighted by Gasteiger charge is -2.19.